The van der Waals surface area contributed by atoms with E-state index in [0.717, 1.165) is 38.0 Å². The van der Waals surface area contributed by atoms with Crippen molar-refractivity contribution in [2.75, 3.05) is 45.8 Å². The van der Waals surface area contributed by atoms with E-state index < -0.39 is 0 Å². The van der Waals surface area contributed by atoms with E-state index in [0.29, 0.717) is 11.7 Å². The lowest BCUT2D eigenvalue weighted by Gasteiger charge is -2.45. The fourth-order valence-electron chi connectivity index (χ4n) is 5.18. The van der Waals surface area contributed by atoms with Crippen LogP contribution in [0.2, 0.25) is 0 Å². The summed E-state index contributed by atoms with van der Waals surface area (Å²) in [5.74, 6) is 0.744. The minimum Gasteiger partial charge on any atom is -0.303 e. The molecular formula is C21H39N3O. The number of nitrogens with zero attached hydrogens (tertiary/aromatic N) is 3. The number of Topliss-reactive ketones (excluding diaryl/α,β-unsaturated/α-hetero) is 1. The predicted molar refractivity (Wildman–Crippen MR) is 104 cm³/mol. The molecule has 0 N–H and O–H groups in total. The van der Waals surface area contributed by atoms with Gasteiger partial charge in [-0.25, -0.2) is 0 Å². The van der Waals surface area contributed by atoms with E-state index in [4.69, 9.17) is 0 Å². The van der Waals surface area contributed by atoms with Crippen LogP contribution >= 0.6 is 0 Å². The Morgan fingerprint density at radius 1 is 0.800 bits per heavy atom. The van der Waals surface area contributed by atoms with E-state index in [1.165, 1.54) is 71.2 Å². The summed E-state index contributed by atoms with van der Waals surface area (Å²) < 4.78 is 0. The van der Waals surface area contributed by atoms with Gasteiger partial charge in [-0.05, 0) is 97.7 Å². The Balaban J connectivity index is 1.36. The number of unbranched alkanes of at least 4 members (excludes halogenated alkanes) is 1. The predicted octanol–water partition coefficient (Wildman–Crippen LogP) is 3.02. The van der Waals surface area contributed by atoms with Crippen LogP contribution in [0.1, 0.15) is 65.2 Å². The minimum absolute atomic E-state index is 0.342. The van der Waals surface area contributed by atoms with Gasteiger partial charge >= 0.3 is 0 Å². The first-order valence-electron chi connectivity index (χ1n) is 10.9. The van der Waals surface area contributed by atoms with E-state index in [2.05, 4.69) is 21.6 Å². The van der Waals surface area contributed by atoms with Crippen LogP contribution in [0.5, 0.6) is 0 Å². The number of hydrogen-bond acceptors (Lipinski definition) is 4. The van der Waals surface area contributed by atoms with Crippen molar-refractivity contribution in [2.24, 2.45) is 5.92 Å². The number of hydrogen-bond donors (Lipinski definition) is 0. The zero-order valence-corrected chi connectivity index (χ0v) is 16.6. The normalized spacial score (nSPS) is 27.0. The van der Waals surface area contributed by atoms with E-state index in [1.807, 2.05) is 0 Å². The maximum absolute atomic E-state index is 11.6. The number of carbonyl (C=O) groups is 1. The third-order valence-electron chi connectivity index (χ3n) is 7.02. The van der Waals surface area contributed by atoms with Crippen molar-refractivity contribution in [3.05, 3.63) is 0 Å². The van der Waals surface area contributed by atoms with Gasteiger partial charge in [0, 0.05) is 18.0 Å². The molecule has 0 unspecified atom stereocenters. The summed E-state index contributed by atoms with van der Waals surface area (Å²) >= 11 is 0. The molecule has 3 heterocycles. The zero-order valence-electron chi connectivity index (χ0n) is 16.6. The number of ketones is 1. The van der Waals surface area contributed by atoms with Crippen molar-refractivity contribution in [3.63, 3.8) is 0 Å². The second kappa shape index (κ2) is 9.48. The molecule has 4 heteroatoms. The summed E-state index contributed by atoms with van der Waals surface area (Å²) in [6.45, 7) is 12.9. The SMILES string of the molecule is CCCCN1CCC(N2CCC(N3CCC(C(C)=O)CC3)CC2)CC1. The van der Waals surface area contributed by atoms with Crippen molar-refractivity contribution in [2.45, 2.75) is 77.3 Å². The number of piperidine rings is 3. The Hall–Kier alpha value is -0.450. The Labute approximate surface area is 154 Å². The first kappa shape index (κ1) is 19.3. The molecule has 3 saturated heterocycles. The molecule has 0 spiro atoms. The Bertz CT molecular complexity index is 403. The van der Waals surface area contributed by atoms with Crippen molar-refractivity contribution in [1.82, 2.24) is 14.7 Å². The first-order valence-corrected chi connectivity index (χ1v) is 10.9. The molecule has 0 atom stereocenters. The molecule has 0 saturated carbocycles. The Morgan fingerprint density at radius 2 is 1.28 bits per heavy atom. The van der Waals surface area contributed by atoms with Gasteiger partial charge in [-0.2, -0.15) is 0 Å². The lowest BCUT2D eigenvalue weighted by molar-refractivity contribution is -0.122. The van der Waals surface area contributed by atoms with Crippen LogP contribution in [0.25, 0.3) is 0 Å². The number of likely N-dealkylation sites (tertiary alicyclic amines) is 3. The fourth-order valence-corrected chi connectivity index (χ4v) is 5.18. The molecular weight excluding hydrogens is 310 g/mol. The Kier molecular flexibility index (Phi) is 7.32. The lowest BCUT2D eigenvalue weighted by Crippen LogP contribution is -2.52. The molecule has 0 aliphatic carbocycles. The van der Waals surface area contributed by atoms with Gasteiger partial charge in [0.15, 0.2) is 0 Å². The Morgan fingerprint density at radius 3 is 1.76 bits per heavy atom. The number of rotatable bonds is 6. The maximum atomic E-state index is 11.6. The molecule has 25 heavy (non-hydrogen) atoms. The molecule has 0 amide bonds. The molecule has 0 aromatic heterocycles. The summed E-state index contributed by atoms with van der Waals surface area (Å²) in [5.41, 5.74) is 0. The second-order valence-electron chi connectivity index (χ2n) is 8.61. The van der Waals surface area contributed by atoms with Crippen molar-refractivity contribution >= 4 is 5.78 Å². The molecule has 3 aliphatic heterocycles. The van der Waals surface area contributed by atoms with Crippen LogP contribution in [-0.4, -0.2) is 78.4 Å². The third kappa shape index (κ3) is 5.27. The number of carbonyl (C=O) groups excluding carboxylic acids is 1. The monoisotopic (exact) mass is 349 g/mol. The van der Waals surface area contributed by atoms with Gasteiger partial charge in [0.1, 0.15) is 5.78 Å². The average Bonchev–Trinajstić information content (AvgIpc) is 2.67. The summed E-state index contributed by atoms with van der Waals surface area (Å²) in [4.78, 5) is 19.7. The molecule has 3 fully saturated rings. The molecule has 3 aliphatic rings. The minimum atomic E-state index is 0.342. The summed E-state index contributed by atoms with van der Waals surface area (Å²) in [5, 5.41) is 0. The highest BCUT2D eigenvalue weighted by atomic mass is 16.1. The molecule has 3 rings (SSSR count). The molecule has 0 aromatic carbocycles. The molecule has 4 nitrogen and oxygen atoms in total. The highest BCUT2D eigenvalue weighted by molar-refractivity contribution is 5.78. The quantitative estimate of drug-likeness (QED) is 0.736. The van der Waals surface area contributed by atoms with Crippen LogP contribution in [0.3, 0.4) is 0 Å². The van der Waals surface area contributed by atoms with Gasteiger partial charge in [-0.15, -0.1) is 0 Å². The molecule has 0 radical (unpaired) electrons. The first-order chi connectivity index (χ1) is 12.2. The van der Waals surface area contributed by atoms with E-state index in [-0.39, 0.29) is 0 Å². The third-order valence-corrected chi connectivity index (χ3v) is 7.02. The van der Waals surface area contributed by atoms with E-state index in [1.54, 1.807) is 6.92 Å². The maximum Gasteiger partial charge on any atom is 0.133 e. The highest BCUT2D eigenvalue weighted by Gasteiger charge is 2.32. The van der Waals surface area contributed by atoms with Gasteiger partial charge in [-0.3, -0.25) is 4.79 Å². The molecule has 0 bridgehead atoms. The molecule has 144 valence electrons. The average molecular weight is 350 g/mol. The highest BCUT2D eigenvalue weighted by Crippen LogP contribution is 2.27. The van der Waals surface area contributed by atoms with Gasteiger partial charge in [0.25, 0.3) is 0 Å². The second-order valence-corrected chi connectivity index (χ2v) is 8.61. The summed E-state index contributed by atoms with van der Waals surface area (Å²) in [7, 11) is 0. The lowest BCUT2D eigenvalue weighted by atomic mass is 9.90. The van der Waals surface area contributed by atoms with Gasteiger partial charge in [0.05, 0.1) is 0 Å². The largest absolute Gasteiger partial charge is 0.303 e. The standard InChI is InChI=1S/C21H39N3O/c1-3-4-11-22-12-7-20(8-13-22)24-16-9-21(10-17-24)23-14-5-19(6-15-23)18(2)25/h19-21H,3-17H2,1-2H3. The molecule has 0 aromatic rings. The summed E-state index contributed by atoms with van der Waals surface area (Å²) in [6, 6.07) is 1.61. The van der Waals surface area contributed by atoms with Crippen molar-refractivity contribution in [3.8, 4) is 0 Å². The van der Waals surface area contributed by atoms with Crippen LogP contribution in [0, 0.1) is 5.92 Å². The topological polar surface area (TPSA) is 26.8 Å². The van der Waals surface area contributed by atoms with Crippen molar-refractivity contribution < 1.29 is 4.79 Å². The fraction of sp³-hybridized carbons (Fsp3) is 0.952. The van der Waals surface area contributed by atoms with Crippen LogP contribution in [0.4, 0.5) is 0 Å². The van der Waals surface area contributed by atoms with Gasteiger partial charge in [-0.1, -0.05) is 13.3 Å². The van der Waals surface area contributed by atoms with E-state index >= 15 is 0 Å². The van der Waals surface area contributed by atoms with Crippen LogP contribution in [0.15, 0.2) is 0 Å². The summed E-state index contributed by atoms with van der Waals surface area (Å²) in [6.07, 6.45) is 10.3. The van der Waals surface area contributed by atoms with Crippen LogP contribution < -0.4 is 0 Å². The zero-order chi connectivity index (χ0) is 17.6. The van der Waals surface area contributed by atoms with E-state index in [9.17, 15) is 4.79 Å². The van der Waals surface area contributed by atoms with Crippen molar-refractivity contribution in [1.29, 1.82) is 0 Å². The van der Waals surface area contributed by atoms with Crippen LogP contribution in [-0.2, 0) is 4.79 Å². The smallest absolute Gasteiger partial charge is 0.133 e. The van der Waals surface area contributed by atoms with Gasteiger partial charge in [0.2, 0.25) is 0 Å². The van der Waals surface area contributed by atoms with Gasteiger partial charge < -0.3 is 14.7 Å².